The number of ether oxygens (including phenoxy) is 2. The van der Waals surface area contributed by atoms with Crippen LogP contribution in [0, 0.1) is 5.92 Å². The number of nitrogens with one attached hydrogen (secondary N) is 1. The third kappa shape index (κ3) is 4.94. The number of methoxy groups -OCH3 is 2. The Bertz CT molecular complexity index is 882. The molecule has 154 valence electrons. The quantitative estimate of drug-likeness (QED) is 0.648. The minimum absolute atomic E-state index is 0. The molecule has 0 saturated heterocycles. The molecule has 1 saturated carbocycles. The highest BCUT2D eigenvalue weighted by molar-refractivity contribution is 5.85. The molecule has 1 aliphatic rings. The van der Waals surface area contributed by atoms with Gasteiger partial charge in [-0.05, 0) is 31.2 Å². The summed E-state index contributed by atoms with van der Waals surface area (Å²) in [5.41, 5.74) is 6.09. The molecule has 0 bridgehead atoms. The number of carbonyl (C=O) groups excluding carboxylic acids is 1. The van der Waals surface area contributed by atoms with E-state index in [-0.39, 0.29) is 29.9 Å². The summed E-state index contributed by atoms with van der Waals surface area (Å²) in [7, 11) is 3.06. The van der Waals surface area contributed by atoms with E-state index < -0.39 is 0 Å². The van der Waals surface area contributed by atoms with E-state index in [1.165, 1.54) is 25.1 Å². The van der Waals surface area contributed by atoms with Crippen LogP contribution in [0.4, 0.5) is 0 Å². The number of amides is 1. The first kappa shape index (κ1) is 22.0. The Labute approximate surface area is 169 Å². The zero-order valence-corrected chi connectivity index (χ0v) is 17.0. The maximum absolute atomic E-state index is 12.7. The number of aromatic nitrogens is 2. The Balaban J connectivity index is 0.00000280. The van der Waals surface area contributed by atoms with Crippen LogP contribution < -0.4 is 26.1 Å². The van der Waals surface area contributed by atoms with Crippen LogP contribution in [-0.4, -0.2) is 42.3 Å². The first-order valence-corrected chi connectivity index (χ1v) is 9.18. The molecular weight excluding hydrogens is 384 g/mol. The Kier molecular flexibility index (Phi) is 7.65. The highest BCUT2D eigenvalue weighted by atomic mass is 35.5. The number of carbonyl (C=O) groups is 1. The lowest BCUT2D eigenvalue weighted by molar-refractivity contribution is -0.122. The van der Waals surface area contributed by atoms with E-state index >= 15 is 0 Å². The van der Waals surface area contributed by atoms with Crippen molar-refractivity contribution < 1.29 is 14.3 Å². The van der Waals surface area contributed by atoms with Crippen molar-refractivity contribution in [2.75, 3.05) is 20.8 Å². The molecule has 0 spiro atoms. The van der Waals surface area contributed by atoms with Crippen molar-refractivity contribution in [1.82, 2.24) is 14.9 Å². The van der Waals surface area contributed by atoms with Crippen LogP contribution in [0.15, 0.2) is 23.3 Å². The van der Waals surface area contributed by atoms with Crippen molar-refractivity contribution in [1.29, 1.82) is 0 Å². The van der Waals surface area contributed by atoms with Gasteiger partial charge < -0.3 is 20.5 Å². The molecular formula is C19H27ClN4O4. The fourth-order valence-electron chi connectivity index (χ4n) is 3.20. The van der Waals surface area contributed by atoms with Crippen LogP contribution in [0.25, 0.3) is 10.9 Å². The van der Waals surface area contributed by atoms with Gasteiger partial charge in [0.15, 0.2) is 11.5 Å². The summed E-state index contributed by atoms with van der Waals surface area (Å²) in [6.45, 7) is 0.885. The molecule has 1 aromatic carbocycles. The standard InChI is InChI=1S/C19H26N4O4.ClH/c1-26-16-8-13-14(9-17(16)27-2)21-11-23(19(13)25)7-3-4-18(24)22-15(10-20)12-5-6-12;/h8-9,11-12,15H,3-7,10,20H2,1-2H3,(H,22,24);1H. The summed E-state index contributed by atoms with van der Waals surface area (Å²) >= 11 is 0. The van der Waals surface area contributed by atoms with E-state index in [1.54, 1.807) is 12.1 Å². The second-order valence-corrected chi connectivity index (χ2v) is 6.82. The van der Waals surface area contributed by atoms with Gasteiger partial charge in [0.2, 0.25) is 5.91 Å². The second kappa shape index (κ2) is 9.75. The molecule has 1 aromatic heterocycles. The van der Waals surface area contributed by atoms with Gasteiger partial charge in [-0.3, -0.25) is 14.2 Å². The maximum Gasteiger partial charge on any atom is 0.261 e. The average molecular weight is 411 g/mol. The Morgan fingerprint density at radius 1 is 1.32 bits per heavy atom. The minimum Gasteiger partial charge on any atom is -0.493 e. The van der Waals surface area contributed by atoms with Gasteiger partial charge in [0, 0.05) is 31.6 Å². The summed E-state index contributed by atoms with van der Waals surface area (Å²) in [4.78, 5) is 29.1. The van der Waals surface area contributed by atoms with Crippen LogP contribution in [0.1, 0.15) is 25.7 Å². The van der Waals surface area contributed by atoms with Crippen molar-refractivity contribution >= 4 is 29.2 Å². The zero-order chi connectivity index (χ0) is 19.4. The zero-order valence-electron chi connectivity index (χ0n) is 16.1. The monoisotopic (exact) mass is 410 g/mol. The average Bonchev–Trinajstić information content (AvgIpc) is 3.52. The fraction of sp³-hybridized carbons (Fsp3) is 0.526. The first-order chi connectivity index (χ1) is 13.1. The Morgan fingerprint density at radius 2 is 2.00 bits per heavy atom. The highest BCUT2D eigenvalue weighted by Gasteiger charge is 2.30. The molecule has 3 N–H and O–H groups in total. The molecule has 1 aliphatic carbocycles. The molecule has 3 rings (SSSR count). The number of hydrogen-bond acceptors (Lipinski definition) is 6. The van der Waals surface area contributed by atoms with E-state index in [4.69, 9.17) is 15.2 Å². The van der Waals surface area contributed by atoms with E-state index in [0.717, 1.165) is 12.8 Å². The molecule has 0 aliphatic heterocycles. The van der Waals surface area contributed by atoms with E-state index in [9.17, 15) is 9.59 Å². The van der Waals surface area contributed by atoms with E-state index in [2.05, 4.69) is 10.3 Å². The van der Waals surface area contributed by atoms with Crippen LogP contribution in [0.3, 0.4) is 0 Å². The van der Waals surface area contributed by atoms with Crippen molar-refractivity contribution in [3.05, 3.63) is 28.8 Å². The van der Waals surface area contributed by atoms with Crippen LogP contribution in [0.2, 0.25) is 0 Å². The summed E-state index contributed by atoms with van der Waals surface area (Å²) < 4.78 is 12.0. The van der Waals surface area contributed by atoms with Gasteiger partial charge in [0.25, 0.3) is 5.56 Å². The smallest absolute Gasteiger partial charge is 0.261 e. The van der Waals surface area contributed by atoms with E-state index in [0.29, 0.717) is 54.3 Å². The summed E-state index contributed by atoms with van der Waals surface area (Å²) in [6, 6.07) is 3.39. The minimum atomic E-state index is -0.167. The number of hydrogen-bond donors (Lipinski definition) is 2. The molecule has 1 unspecified atom stereocenters. The Hall–Kier alpha value is -2.32. The molecule has 1 amide bonds. The topological polar surface area (TPSA) is 108 Å². The summed E-state index contributed by atoms with van der Waals surface area (Å²) in [5.74, 6) is 1.51. The fourth-order valence-corrected chi connectivity index (χ4v) is 3.20. The highest BCUT2D eigenvalue weighted by Crippen LogP contribution is 2.32. The van der Waals surface area contributed by atoms with Gasteiger partial charge in [0.1, 0.15) is 0 Å². The third-order valence-electron chi connectivity index (χ3n) is 4.92. The SMILES string of the molecule is COc1cc2ncn(CCCC(=O)NC(CN)C3CC3)c(=O)c2cc1OC.Cl. The predicted octanol–water partition coefficient (Wildman–Crippen LogP) is 1.47. The molecule has 9 heteroatoms. The molecule has 1 atom stereocenters. The van der Waals surface area contributed by atoms with Crippen LogP contribution >= 0.6 is 12.4 Å². The molecule has 0 radical (unpaired) electrons. The lowest BCUT2D eigenvalue weighted by Gasteiger charge is -2.16. The second-order valence-electron chi connectivity index (χ2n) is 6.82. The first-order valence-electron chi connectivity index (χ1n) is 9.18. The number of nitrogens with zero attached hydrogens (tertiary/aromatic N) is 2. The number of fused-ring (bicyclic) bond motifs is 1. The number of nitrogens with two attached hydrogens (primary N) is 1. The number of benzene rings is 1. The van der Waals surface area contributed by atoms with Gasteiger partial charge in [-0.2, -0.15) is 0 Å². The molecule has 1 heterocycles. The van der Waals surface area contributed by atoms with Crippen molar-refractivity contribution in [2.24, 2.45) is 11.7 Å². The van der Waals surface area contributed by atoms with Crippen molar-refractivity contribution in [2.45, 2.75) is 38.3 Å². The molecule has 28 heavy (non-hydrogen) atoms. The summed E-state index contributed by atoms with van der Waals surface area (Å²) in [6.07, 6.45) is 4.66. The van der Waals surface area contributed by atoms with Gasteiger partial charge in [0.05, 0.1) is 31.4 Å². The molecule has 8 nitrogen and oxygen atoms in total. The van der Waals surface area contributed by atoms with Crippen LogP contribution in [0.5, 0.6) is 11.5 Å². The van der Waals surface area contributed by atoms with Crippen molar-refractivity contribution in [3.8, 4) is 11.5 Å². The largest absolute Gasteiger partial charge is 0.493 e. The molecule has 1 fully saturated rings. The number of halogens is 1. The van der Waals surface area contributed by atoms with Crippen molar-refractivity contribution in [3.63, 3.8) is 0 Å². The maximum atomic E-state index is 12.7. The number of rotatable bonds is 9. The van der Waals surface area contributed by atoms with E-state index in [1.807, 2.05) is 0 Å². The Morgan fingerprint density at radius 3 is 2.61 bits per heavy atom. The normalized spacial score (nSPS) is 14.2. The lowest BCUT2D eigenvalue weighted by atomic mass is 10.1. The van der Waals surface area contributed by atoms with Crippen LogP contribution in [-0.2, 0) is 11.3 Å². The predicted molar refractivity (Wildman–Crippen MR) is 109 cm³/mol. The summed E-state index contributed by atoms with van der Waals surface area (Å²) in [5, 5.41) is 3.44. The van der Waals surface area contributed by atoms with Gasteiger partial charge in [-0.15, -0.1) is 12.4 Å². The van der Waals surface area contributed by atoms with Gasteiger partial charge in [-0.25, -0.2) is 4.98 Å². The third-order valence-corrected chi connectivity index (χ3v) is 4.92. The molecule has 2 aromatic rings. The van der Waals surface area contributed by atoms with Gasteiger partial charge in [-0.1, -0.05) is 0 Å². The van der Waals surface area contributed by atoms with Gasteiger partial charge >= 0.3 is 0 Å². The lowest BCUT2D eigenvalue weighted by Crippen LogP contribution is -2.41. The number of aryl methyl sites for hydroxylation is 1.